The first kappa shape index (κ1) is 18.4. The van der Waals surface area contributed by atoms with Gasteiger partial charge in [0.15, 0.2) is 9.84 Å². The molecule has 1 aromatic carbocycles. The number of nitrogens with zero attached hydrogens (tertiary/aromatic N) is 1. The fourth-order valence-corrected chi connectivity index (χ4v) is 6.61. The number of sulfone groups is 1. The second kappa shape index (κ2) is 5.57. The van der Waals surface area contributed by atoms with E-state index < -0.39 is 25.4 Å². The van der Waals surface area contributed by atoms with Crippen LogP contribution in [0.1, 0.15) is 39.7 Å². The molecular weight excluding hydrogens is 334 g/mol. The van der Waals surface area contributed by atoms with Crippen molar-refractivity contribution in [3.63, 3.8) is 0 Å². The predicted octanol–water partition coefficient (Wildman–Crippen LogP) is 2.18. The number of sulfonamides is 1. The van der Waals surface area contributed by atoms with Crippen molar-refractivity contribution >= 4 is 19.9 Å². The van der Waals surface area contributed by atoms with Gasteiger partial charge in [0.1, 0.15) is 0 Å². The van der Waals surface area contributed by atoms with E-state index in [2.05, 4.69) is 20.8 Å². The van der Waals surface area contributed by atoms with E-state index in [1.165, 1.54) is 11.4 Å². The Morgan fingerprint density at radius 3 is 2.04 bits per heavy atom. The number of rotatable bonds is 3. The summed E-state index contributed by atoms with van der Waals surface area (Å²) in [7, 11) is -5.43. The molecule has 1 aliphatic heterocycles. The quantitative estimate of drug-likeness (QED) is 0.829. The number of hydrogen-bond acceptors (Lipinski definition) is 4. The van der Waals surface area contributed by atoms with Gasteiger partial charge < -0.3 is 0 Å². The number of benzene rings is 1. The zero-order chi connectivity index (χ0) is 17.7. The molecule has 1 aromatic rings. The summed E-state index contributed by atoms with van der Waals surface area (Å²) in [5.74, 6) is -0.0951. The van der Waals surface area contributed by atoms with Gasteiger partial charge in [-0.1, -0.05) is 32.9 Å². The van der Waals surface area contributed by atoms with Crippen LogP contribution in [-0.2, 0) is 25.3 Å². The van der Waals surface area contributed by atoms with Crippen molar-refractivity contribution in [1.82, 2.24) is 4.31 Å². The van der Waals surface area contributed by atoms with Crippen LogP contribution in [0, 0.1) is 0 Å². The summed E-state index contributed by atoms with van der Waals surface area (Å²) < 4.78 is 50.4. The summed E-state index contributed by atoms with van der Waals surface area (Å²) >= 11 is 0. The summed E-state index contributed by atoms with van der Waals surface area (Å²) in [5, 5.41) is 0. The predicted molar refractivity (Wildman–Crippen MR) is 91.8 cm³/mol. The summed E-state index contributed by atoms with van der Waals surface area (Å²) in [5.41, 5.74) is 0.105. The molecule has 0 spiro atoms. The molecule has 23 heavy (non-hydrogen) atoms. The standard InChI is InChI=1S/C16H25NO4S2/c1-15(2,3)13-6-8-14(9-7-13)23(20,21)17(5)16(4)10-11-22(18,19)12-16/h6-9H,10-12H2,1-5H3. The molecule has 2 rings (SSSR count). The Morgan fingerprint density at radius 1 is 1.13 bits per heavy atom. The zero-order valence-corrected chi connectivity index (χ0v) is 16.0. The van der Waals surface area contributed by atoms with E-state index in [1.54, 1.807) is 19.1 Å². The molecule has 0 aromatic heterocycles. The Bertz CT molecular complexity index is 789. The minimum Gasteiger partial charge on any atom is -0.229 e. The third-order valence-electron chi connectivity index (χ3n) is 4.62. The molecule has 0 aliphatic carbocycles. The summed E-state index contributed by atoms with van der Waals surface area (Å²) in [6, 6.07) is 6.82. The Morgan fingerprint density at radius 2 is 1.65 bits per heavy atom. The molecular formula is C16H25NO4S2. The molecule has 0 amide bonds. The monoisotopic (exact) mass is 359 g/mol. The highest BCUT2D eigenvalue weighted by atomic mass is 32.2. The van der Waals surface area contributed by atoms with Crippen LogP contribution in [0.2, 0.25) is 0 Å². The van der Waals surface area contributed by atoms with Crippen molar-refractivity contribution in [2.24, 2.45) is 0 Å². The lowest BCUT2D eigenvalue weighted by atomic mass is 9.87. The van der Waals surface area contributed by atoms with Gasteiger partial charge in [-0.15, -0.1) is 0 Å². The van der Waals surface area contributed by atoms with Gasteiger partial charge in [-0.05, 0) is 36.5 Å². The topological polar surface area (TPSA) is 71.5 Å². The van der Waals surface area contributed by atoms with Gasteiger partial charge in [0.2, 0.25) is 10.0 Å². The van der Waals surface area contributed by atoms with E-state index >= 15 is 0 Å². The molecule has 1 unspecified atom stereocenters. The molecule has 1 heterocycles. The van der Waals surface area contributed by atoms with E-state index in [0.29, 0.717) is 6.42 Å². The summed E-state index contributed by atoms with van der Waals surface area (Å²) in [6.07, 6.45) is 0.325. The lowest BCUT2D eigenvalue weighted by Crippen LogP contribution is -2.48. The van der Waals surface area contributed by atoms with E-state index in [9.17, 15) is 16.8 Å². The van der Waals surface area contributed by atoms with Crippen LogP contribution in [0.15, 0.2) is 29.2 Å². The highest BCUT2D eigenvalue weighted by Crippen LogP contribution is 2.33. The van der Waals surface area contributed by atoms with E-state index in [0.717, 1.165) is 5.56 Å². The van der Waals surface area contributed by atoms with Crippen molar-refractivity contribution in [2.45, 2.75) is 50.0 Å². The SMILES string of the molecule is CN(C1(C)CCS(=O)(=O)C1)S(=O)(=O)c1ccc(C(C)(C)C)cc1. The van der Waals surface area contributed by atoms with Gasteiger partial charge in [-0.25, -0.2) is 16.8 Å². The summed E-state index contributed by atoms with van der Waals surface area (Å²) in [6.45, 7) is 7.88. The fraction of sp³-hybridized carbons (Fsp3) is 0.625. The normalized spacial score (nSPS) is 25.0. The highest BCUT2D eigenvalue weighted by molar-refractivity contribution is 7.92. The van der Waals surface area contributed by atoms with Crippen LogP contribution in [0.4, 0.5) is 0 Å². The second-order valence-corrected chi connectivity index (χ2v) is 11.7. The second-order valence-electron chi connectivity index (χ2n) is 7.59. The van der Waals surface area contributed by atoms with Crippen LogP contribution in [-0.4, -0.2) is 45.2 Å². The van der Waals surface area contributed by atoms with E-state index in [1.807, 2.05) is 12.1 Å². The minimum atomic E-state index is -3.72. The van der Waals surface area contributed by atoms with Crippen molar-refractivity contribution in [3.8, 4) is 0 Å². The van der Waals surface area contributed by atoms with Crippen molar-refractivity contribution in [2.75, 3.05) is 18.6 Å². The molecule has 0 saturated carbocycles. The van der Waals surface area contributed by atoms with Crippen molar-refractivity contribution in [3.05, 3.63) is 29.8 Å². The third-order valence-corrected chi connectivity index (χ3v) is 8.54. The lowest BCUT2D eigenvalue weighted by Gasteiger charge is -2.33. The molecule has 0 radical (unpaired) electrons. The first-order chi connectivity index (χ1) is 10.3. The molecule has 5 nitrogen and oxygen atoms in total. The smallest absolute Gasteiger partial charge is 0.229 e. The lowest BCUT2D eigenvalue weighted by molar-refractivity contribution is 0.272. The first-order valence-electron chi connectivity index (χ1n) is 7.58. The van der Waals surface area contributed by atoms with Crippen LogP contribution in [0.5, 0.6) is 0 Å². The highest BCUT2D eigenvalue weighted by Gasteiger charge is 2.46. The number of hydrogen-bond donors (Lipinski definition) is 0. The molecule has 7 heteroatoms. The molecule has 130 valence electrons. The molecule has 1 fully saturated rings. The molecule has 0 N–H and O–H groups in total. The third kappa shape index (κ3) is 3.61. The van der Waals surface area contributed by atoms with E-state index in [4.69, 9.17) is 0 Å². The van der Waals surface area contributed by atoms with Gasteiger partial charge in [-0.2, -0.15) is 4.31 Å². The fourth-order valence-electron chi connectivity index (χ4n) is 2.82. The van der Waals surface area contributed by atoms with Gasteiger partial charge in [0, 0.05) is 12.6 Å². The van der Waals surface area contributed by atoms with Crippen LogP contribution < -0.4 is 0 Å². The maximum Gasteiger partial charge on any atom is 0.243 e. The van der Waals surface area contributed by atoms with Crippen molar-refractivity contribution < 1.29 is 16.8 Å². The minimum absolute atomic E-state index is 0.0340. The van der Waals surface area contributed by atoms with Gasteiger partial charge >= 0.3 is 0 Å². The summed E-state index contributed by atoms with van der Waals surface area (Å²) in [4.78, 5) is 0.193. The Labute approximate surface area is 139 Å². The van der Waals surface area contributed by atoms with Crippen LogP contribution >= 0.6 is 0 Å². The van der Waals surface area contributed by atoms with E-state index in [-0.39, 0.29) is 21.8 Å². The largest absolute Gasteiger partial charge is 0.243 e. The van der Waals surface area contributed by atoms with Gasteiger partial charge in [-0.3, -0.25) is 0 Å². The Kier molecular flexibility index (Phi) is 4.46. The van der Waals surface area contributed by atoms with Crippen molar-refractivity contribution in [1.29, 1.82) is 0 Å². The Balaban J connectivity index is 2.35. The van der Waals surface area contributed by atoms with Gasteiger partial charge in [0.05, 0.1) is 16.4 Å². The molecule has 1 saturated heterocycles. The maximum atomic E-state index is 12.8. The van der Waals surface area contributed by atoms with Gasteiger partial charge in [0.25, 0.3) is 0 Å². The average Bonchev–Trinajstić information content (AvgIpc) is 2.72. The Hall–Kier alpha value is -0.920. The molecule has 1 atom stereocenters. The zero-order valence-electron chi connectivity index (χ0n) is 14.3. The maximum absolute atomic E-state index is 12.8. The van der Waals surface area contributed by atoms with Crippen LogP contribution in [0.3, 0.4) is 0 Å². The molecule has 0 bridgehead atoms. The van der Waals surface area contributed by atoms with Crippen LogP contribution in [0.25, 0.3) is 0 Å². The average molecular weight is 360 g/mol. The first-order valence-corrected chi connectivity index (χ1v) is 10.8. The molecule has 1 aliphatic rings.